The van der Waals surface area contributed by atoms with Crippen molar-refractivity contribution in [3.63, 3.8) is 0 Å². The molecular weight excluding hydrogens is 580 g/mol. The number of aromatic hydroxyl groups is 1. The second-order valence-corrected chi connectivity index (χ2v) is 12.3. The smallest absolute Gasteiger partial charge is 0.349 e. The Kier molecular flexibility index (Phi) is 7.09. The number of aryl methyl sites for hydroxylation is 1. The van der Waals surface area contributed by atoms with Crippen LogP contribution in [-0.2, 0) is 0 Å². The van der Waals surface area contributed by atoms with Crippen LogP contribution < -0.4 is 15.3 Å². The first-order valence-electron chi connectivity index (χ1n) is 15.2. The number of rotatable bonds is 5. The van der Waals surface area contributed by atoms with Gasteiger partial charge in [-0.3, -0.25) is 4.90 Å². The van der Waals surface area contributed by atoms with Crippen LogP contribution in [-0.4, -0.2) is 64.5 Å². The first-order valence-corrected chi connectivity index (χ1v) is 15.2. The number of phenols is 1. The molecule has 0 bridgehead atoms. The van der Waals surface area contributed by atoms with Gasteiger partial charge in [0.25, 0.3) is 0 Å². The molecule has 230 valence electrons. The van der Waals surface area contributed by atoms with Crippen LogP contribution in [0.1, 0.15) is 43.2 Å². The topological polar surface area (TPSA) is 116 Å². The highest BCUT2D eigenvalue weighted by Crippen LogP contribution is 2.42. The monoisotopic (exact) mass is 611 g/mol. The predicted molar refractivity (Wildman–Crippen MR) is 164 cm³/mol. The molecule has 4 aromatic rings. The summed E-state index contributed by atoms with van der Waals surface area (Å²) in [5.41, 5.74) is -0.294. The molecule has 3 fully saturated rings. The minimum atomic E-state index is -0.928. The first kappa shape index (κ1) is 29.0. The largest absolute Gasteiger partial charge is 0.508 e. The zero-order valence-electron chi connectivity index (χ0n) is 24.8. The molecule has 11 heteroatoms. The van der Waals surface area contributed by atoms with Gasteiger partial charge < -0.3 is 19.2 Å². The highest BCUT2D eigenvalue weighted by molar-refractivity contribution is 6.03. The average molecular weight is 612 g/mol. The molecule has 1 unspecified atom stereocenters. The van der Waals surface area contributed by atoms with E-state index in [2.05, 4.69) is 21.9 Å². The summed E-state index contributed by atoms with van der Waals surface area (Å²) in [7, 11) is 0. The van der Waals surface area contributed by atoms with E-state index in [1.165, 1.54) is 24.3 Å². The molecule has 0 amide bonds. The lowest BCUT2D eigenvalue weighted by Gasteiger charge is -2.32. The van der Waals surface area contributed by atoms with E-state index in [9.17, 15) is 23.9 Å². The third-order valence-electron chi connectivity index (χ3n) is 9.54. The van der Waals surface area contributed by atoms with Crippen molar-refractivity contribution in [1.29, 1.82) is 5.26 Å². The normalized spacial score (nSPS) is 23.3. The van der Waals surface area contributed by atoms with E-state index >= 15 is 0 Å². The van der Waals surface area contributed by atoms with Crippen LogP contribution in [0.2, 0.25) is 0 Å². The zero-order valence-corrected chi connectivity index (χ0v) is 24.8. The van der Waals surface area contributed by atoms with Crippen LogP contribution in [0.3, 0.4) is 0 Å². The molecule has 0 radical (unpaired) electrons. The third-order valence-corrected chi connectivity index (χ3v) is 9.54. The second-order valence-electron chi connectivity index (χ2n) is 12.3. The van der Waals surface area contributed by atoms with Crippen LogP contribution in [0.5, 0.6) is 11.8 Å². The summed E-state index contributed by atoms with van der Waals surface area (Å²) >= 11 is 0. The van der Waals surface area contributed by atoms with E-state index in [0.29, 0.717) is 48.2 Å². The summed E-state index contributed by atoms with van der Waals surface area (Å²) in [6.45, 7) is 4.01. The fourth-order valence-electron chi connectivity index (χ4n) is 7.43. The van der Waals surface area contributed by atoms with Gasteiger partial charge in [0, 0.05) is 42.6 Å². The molecule has 2 aromatic heterocycles. The number of alkyl halides is 1. The van der Waals surface area contributed by atoms with Gasteiger partial charge in [0.1, 0.15) is 35.5 Å². The molecule has 0 saturated carbocycles. The van der Waals surface area contributed by atoms with Crippen molar-refractivity contribution in [3.05, 3.63) is 51.6 Å². The van der Waals surface area contributed by atoms with Gasteiger partial charge >= 0.3 is 11.6 Å². The third kappa shape index (κ3) is 4.83. The molecule has 5 heterocycles. The maximum Gasteiger partial charge on any atom is 0.349 e. The number of benzene rings is 2. The zero-order chi connectivity index (χ0) is 31.5. The molecular formula is C34H31F2N5O4. The summed E-state index contributed by atoms with van der Waals surface area (Å²) in [4.78, 5) is 27.2. The number of aromatic nitrogens is 2. The van der Waals surface area contributed by atoms with Crippen LogP contribution in [0, 0.1) is 42.3 Å². The number of fused-ring (bicyclic) bond motifs is 3. The van der Waals surface area contributed by atoms with E-state index in [4.69, 9.17) is 20.6 Å². The fraction of sp³-hybridized carbons (Fsp3) is 0.412. The van der Waals surface area contributed by atoms with E-state index in [0.717, 1.165) is 32.2 Å². The number of anilines is 1. The number of nitriles is 1. The summed E-state index contributed by atoms with van der Waals surface area (Å²) in [6, 6.07) is 7.90. The molecule has 0 aliphatic carbocycles. The number of ether oxygens (including phenoxy) is 1. The summed E-state index contributed by atoms with van der Waals surface area (Å²) in [6.07, 6.45) is 8.35. The van der Waals surface area contributed by atoms with Crippen LogP contribution in [0.4, 0.5) is 14.6 Å². The highest BCUT2D eigenvalue weighted by atomic mass is 19.1. The lowest BCUT2D eigenvalue weighted by Crippen LogP contribution is -2.43. The summed E-state index contributed by atoms with van der Waals surface area (Å²) in [5, 5.41) is 21.1. The van der Waals surface area contributed by atoms with Crippen molar-refractivity contribution in [2.24, 2.45) is 5.92 Å². The Balaban J connectivity index is 1.42. The lowest BCUT2D eigenvalue weighted by atomic mass is 9.94. The van der Waals surface area contributed by atoms with Gasteiger partial charge in [0.2, 0.25) is 0 Å². The van der Waals surface area contributed by atoms with Gasteiger partial charge in [0.05, 0.1) is 28.6 Å². The van der Waals surface area contributed by atoms with E-state index in [1.54, 1.807) is 6.92 Å². The van der Waals surface area contributed by atoms with Gasteiger partial charge in [-0.1, -0.05) is 12.0 Å². The number of phenolic OH excluding ortho intramolecular Hbond substituents is 1. The maximum atomic E-state index is 14.9. The molecule has 45 heavy (non-hydrogen) atoms. The molecule has 3 aliphatic rings. The molecule has 3 saturated heterocycles. The molecule has 7 rings (SSSR count). The van der Waals surface area contributed by atoms with Gasteiger partial charge in [-0.2, -0.15) is 15.2 Å². The van der Waals surface area contributed by atoms with Crippen molar-refractivity contribution in [3.8, 4) is 41.5 Å². The van der Waals surface area contributed by atoms with Gasteiger partial charge in [0.15, 0.2) is 5.82 Å². The number of terminal acetylenes is 1. The molecule has 9 nitrogen and oxygen atoms in total. The van der Waals surface area contributed by atoms with Crippen LogP contribution in [0.25, 0.3) is 33.0 Å². The molecule has 2 aromatic carbocycles. The van der Waals surface area contributed by atoms with Crippen molar-refractivity contribution in [1.82, 2.24) is 14.9 Å². The quantitative estimate of drug-likeness (QED) is 0.303. The first-order chi connectivity index (χ1) is 21.7. The SMILES string of the molecule is C#Cc1c(F)ccc2cc(O)cc(-c3oc(=O)c4c(N5CCCC(C#N)C5)nc(OC[C@@]56CCCN5C[C@H](F)C6)nc4c3C)c12. The minimum Gasteiger partial charge on any atom is -0.508 e. The van der Waals surface area contributed by atoms with E-state index in [1.807, 2.05) is 4.90 Å². The summed E-state index contributed by atoms with van der Waals surface area (Å²) < 4.78 is 41.5. The Hall–Kier alpha value is -4.74. The standard InChI is InChI=1S/C34H31F2N5O4/c1-3-24-26(36)8-7-21-12-23(42)13-25(27(21)24)30-19(2)29-28(32(43)45-30)31(40-10-4-6-20(15-37)16-40)39-33(38-29)44-18-34-9-5-11-41(34)17-22(35)14-34/h1,7-8,12-13,20,22,42H,4-6,9-11,14,16-18H2,2H3/t20?,22-,34+/m1/s1. The van der Waals surface area contributed by atoms with Crippen molar-refractivity contribution >= 4 is 27.5 Å². The van der Waals surface area contributed by atoms with Crippen molar-refractivity contribution < 1.29 is 23.0 Å². The van der Waals surface area contributed by atoms with Crippen LogP contribution >= 0.6 is 0 Å². The van der Waals surface area contributed by atoms with E-state index < -0.39 is 23.2 Å². The highest BCUT2D eigenvalue weighted by Gasteiger charge is 2.49. The second kappa shape index (κ2) is 11.0. The van der Waals surface area contributed by atoms with Gasteiger partial charge in [-0.05, 0) is 62.7 Å². The lowest BCUT2D eigenvalue weighted by molar-refractivity contribution is 0.107. The minimum absolute atomic E-state index is 0.0240. The number of hydrogen-bond donors (Lipinski definition) is 1. The Labute approximate surface area is 258 Å². The Morgan fingerprint density at radius 2 is 2.07 bits per heavy atom. The molecule has 3 atom stereocenters. The van der Waals surface area contributed by atoms with Crippen LogP contribution in [0.15, 0.2) is 33.5 Å². The fourth-order valence-corrected chi connectivity index (χ4v) is 7.43. The Morgan fingerprint density at radius 1 is 1.22 bits per heavy atom. The maximum absolute atomic E-state index is 14.9. The average Bonchev–Trinajstić information content (AvgIpc) is 3.56. The molecule has 0 spiro atoms. The predicted octanol–water partition coefficient (Wildman–Crippen LogP) is 5.23. The van der Waals surface area contributed by atoms with E-state index in [-0.39, 0.29) is 52.1 Å². The number of nitrogens with zero attached hydrogens (tertiary/aromatic N) is 5. The van der Waals surface area contributed by atoms with Gasteiger partial charge in [-0.15, -0.1) is 6.42 Å². The van der Waals surface area contributed by atoms with Crippen molar-refractivity contribution in [2.75, 3.05) is 37.7 Å². The number of hydrogen-bond acceptors (Lipinski definition) is 9. The Bertz CT molecular complexity index is 2000. The number of halogens is 2. The molecule has 1 N–H and O–H groups in total. The molecule has 3 aliphatic heterocycles. The van der Waals surface area contributed by atoms with Crippen molar-refractivity contribution in [2.45, 2.75) is 50.7 Å². The number of piperidine rings is 1. The Morgan fingerprint density at radius 3 is 2.87 bits per heavy atom. The summed E-state index contributed by atoms with van der Waals surface area (Å²) in [5.74, 6) is 1.75. The van der Waals surface area contributed by atoms with Gasteiger partial charge in [-0.25, -0.2) is 13.6 Å².